The van der Waals surface area contributed by atoms with Gasteiger partial charge in [0.25, 0.3) is 0 Å². The molecular formula is C11H12BrN3S. The minimum Gasteiger partial charge on any atom is -0.365 e. The van der Waals surface area contributed by atoms with Crippen molar-refractivity contribution in [3.63, 3.8) is 0 Å². The molecule has 2 aromatic rings. The molecule has 0 aliphatic heterocycles. The first-order valence-electron chi connectivity index (χ1n) is 5.01. The van der Waals surface area contributed by atoms with Crippen LogP contribution in [0, 0.1) is 0 Å². The molecule has 0 saturated heterocycles. The van der Waals surface area contributed by atoms with Crippen LogP contribution >= 0.6 is 27.3 Å². The predicted molar refractivity (Wildman–Crippen MR) is 71.0 cm³/mol. The van der Waals surface area contributed by atoms with Crippen LogP contribution in [0.3, 0.4) is 0 Å². The summed E-state index contributed by atoms with van der Waals surface area (Å²) in [5, 5.41) is 4.01. The zero-order valence-corrected chi connectivity index (χ0v) is 11.3. The maximum atomic E-state index is 4.35. The zero-order chi connectivity index (χ0) is 11.4. The molecule has 0 aliphatic carbocycles. The molecule has 0 aromatic carbocycles. The molecule has 0 radical (unpaired) electrons. The molecule has 16 heavy (non-hydrogen) atoms. The van der Waals surface area contributed by atoms with Crippen molar-refractivity contribution >= 4 is 32.4 Å². The summed E-state index contributed by atoms with van der Waals surface area (Å²) in [7, 11) is 1.89. The van der Waals surface area contributed by atoms with Crippen molar-refractivity contribution < 1.29 is 0 Å². The maximum absolute atomic E-state index is 4.35. The smallest absolute Gasteiger partial charge is 0.183 e. The van der Waals surface area contributed by atoms with Gasteiger partial charge in [-0.25, -0.2) is 4.98 Å². The van der Waals surface area contributed by atoms with E-state index in [9.17, 15) is 0 Å². The summed E-state index contributed by atoms with van der Waals surface area (Å²) in [6, 6.07) is 4.10. The monoisotopic (exact) mass is 297 g/mol. The third kappa shape index (κ3) is 2.80. The van der Waals surface area contributed by atoms with E-state index in [-0.39, 0.29) is 0 Å². The Morgan fingerprint density at radius 3 is 2.69 bits per heavy atom. The number of aromatic nitrogens is 2. The molecule has 2 heterocycles. The normalized spacial score (nSPS) is 10.4. The lowest BCUT2D eigenvalue weighted by Gasteiger charge is -1.98. The van der Waals surface area contributed by atoms with Gasteiger partial charge in [0, 0.05) is 24.3 Å². The lowest BCUT2D eigenvalue weighted by molar-refractivity contribution is 0.964. The number of halogens is 1. The third-order valence-electron chi connectivity index (χ3n) is 2.25. The second kappa shape index (κ2) is 5.41. The lowest BCUT2D eigenvalue weighted by Crippen LogP contribution is -1.89. The lowest BCUT2D eigenvalue weighted by atomic mass is 10.1. The minimum atomic E-state index is 0.955. The molecule has 0 atom stereocenters. The Hall–Kier alpha value is -0.940. The summed E-state index contributed by atoms with van der Waals surface area (Å²) in [5.74, 6) is 0. The quantitative estimate of drug-likeness (QED) is 0.942. The number of thiazole rings is 1. The van der Waals surface area contributed by atoms with Crippen LogP contribution in [-0.2, 0) is 12.8 Å². The van der Waals surface area contributed by atoms with E-state index < -0.39 is 0 Å². The molecule has 0 fully saturated rings. The van der Waals surface area contributed by atoms with E-state index in [1.807, 2.05) is 31.6 Å². The van der Waals surface area contributed by atoms with E-state index in [0.717, 1.165) is 22.6 Å². The van der Waals surface area contributed by atoms with E-state index in [2.05, 4.69) is 31.2 Å². The molecule has 0 spiro atoms. The predicted octanol–water partition coefficient (Wildman–Crippen LogP) is 3.13. The molecule has 0 aliphatic rings. The van der Waals surface area contributed by atoms with Gasteiger partial charge in [-0.2, -0.15) is 0 Å². The van der Waals surface area contributed by atoms with E-state index in [0.29, 0.717) is 0 Å². The number of hydrogen-bond acceptors (Lipinski definition) is 4. The molecule has 3 nitrogen and oxygen atoms in total. The van der Waals surface area contributed by atoms with Gasteiger partial charge in [0.2, 0.25) is 0 Å². The molecule has 0 unspecified atom stereocenters. The number of nitrogens with zero attached hydrogens (tertiary/aromatic N) is 2. The third-order valence-corrected chi connectivity index (χ3v) is 4.30. The Morgan fingerprint density at radius 2 is 2.06 bits per heavy atom. The highest BCUT2D eigenvalue weighted by Crippen LogP contribution is 2.28. The van der Waals surface area contributed by atoms with Crippen molar-refractivity contribution in [2.75, 3.05) is 12.4 Å². The Balaban J connectivity index is 2.02. The highest BCUT2D eigenvalue weighted by atomic mass is 79.9. The van der Waals surface area contributed by atoms with E-state index in [1.165, 1.54) is 10.4 Å². The Labute approximate surface area is 107 Å². The largest absolute Gasteiger partial charge is 0.365 e. The number of hydrogen-bond donors (Lipinski definition) is 1. The van der Waals surface area contributed by atoms with Gasteiger partial charge in [0.15, 0.2) is 5.13 Å². The van der Waals surface area contributed by atoms with Crippen molar-refractivity contribution in [2.24, 2.45) is 0 Å². The number of rotatable bonds is 4. The number of aryl methyl sites for hydroxylation is 2. The summed E-state index contributed by atoms with van der Waals surface area (Å²) in [6.07, 6.45) is 5.68. The first kappa shape index (κ1) is 11.5. The summed E-state index contributed by atoms with van der Waals surface area (Å²) < 4.78 is 0.955. The average molecular weight is 298 g/mol. The van der Waals surface area contributed by atoms with Crippen LogP contribution in [0.4, 0.5) is 5.13 Å². The Kier molecular flexibility index (Phi) is 3.90. The molecule has 5 heteroatoms. The highest BCUT2D eigenvalue weighted by molar-refractivity contribution is 9.10. The summed E-state index contributed by atoms with van der Waals surface area (Å²) in [6.45, 7) is 0. The topological polar surface area (TPSA) is 37.8 Å². The average Bonchev–Trinajstić information content (AvgIpc) is 2.69. The van der Waals surface area contributed by atoms with E-state index >= 15 is 0 Å². The van der Waals surface area contributed by atoms with Gasteiger partial charge in [-0.15, -0.1) is 11.3 Å². The van der Waals surface area contributed by atoms with Crippen molar-refractivity contribution in [2.45, 2.75) is 12.8 Å². The van der Waals surface area contributed by atoms with Gasteiger partial charge >= 0.3 is 0 Å². The van der Waals surface area contributed by atoms with Crippen LogP contribution < -0.4 is 5.32 Å². The fraction of sp³-hybridized carbons (Fsp3) is 0.273. The Morgan fingerprint density at radius 1 is 1.31 bits per heavy atom. The van der Waals surface area contributed by atoms with Crippen LogP contribution in [-0.4, -0.2) is 17.0 Å². The van der Waals surface area contributed by atoms with Crippen LogP contribution in [0.2, 0.25) is 0 Å². The van der Waals surface area contributed by atoms with Gasteiger partial charge < -0.3 is 5.32 Å². The van der Waals surface area contributed by atoms with Crippen molar-refractivity contribution in [3.8, 4) is 0 Å². The molecule has 0 amide bonds. The first-order chi connectivity index (χ1) is 7.79. The molecule has 1 N–H and O–H groups in total. The van der Waals surface area contributed by atoms with Crippen molar-refractivity contribution in [1.82, 2.24) is 9.97 Å². The number of anilines is 1. The van der Waals surface area contributed by atoms with Crippen molar-refractivity contribution in [1.29, 1.82) is 0 Å². The number of nitrogens with one attached hydrogen (secondary N) is 1. The fourth-order valence-electron chi connectivity index (χ4n) is 1.40. The fourth-order valence-corrected chi connectivity index (χ4v) is 2.94. The van der Waals surface area contributed by atoms with E-state index in [4.69, 9.17) is 0 Å². The highest BCUT2D eigenvalue weighted by Gasteiger charge is 2.07. The van der Waals surface area contributed by atoms with Crippen LogP contribution in [0.25, 0.3) is 0 Å². The second-order valence-electron chi connectivity index (χ2n) is 3.34. The summed E-state index contributed by atoms with van der Waals surface area (Å²) >= 11 is 5.17. The van der Waals surface area contributed by atoms with Gasteiger partial charge in [-0.1, -0.05) is 0 Å². The standard InChI is InChI=1S/C11H12BrN3S/c1-13-11-15-10(12)9(16-11)3-2-8-4-6-14-7-5-8/h4-7H,2-3H2,1H3,(H,13,15). The van der Waals surface area contributed by atoms with Crippen molar-refractivity contribution in [3.05, 3.63) is 39.6 Å². The van der Waals surface area contributed by atoms with Gasteiger partial charge in [-0.3, -0.25) is 4.98 Å². The molecule has 0 saturated carbocycles. The minimum absolute atomic E-state index is 0.955. The SMILES string of the molecule is CNc1nc(Br)c(CCc2ccncc2)s1. The first-order valence-corrected chi connectivity index (χ1v) is 6.62. The summed E-state index contributed by atoms with van der Waals surface area (Å²) in [4.78, 5) is 9.64. The summed E-state index contributed by atoms with van der Waals surface area (Å²) in [5.41, 5.74) is 1.31. The van der Waals surface area contributed by atoms with E-state index in [1.54, 1.807) is 11.3 Å². The molecule has 0 bridgehead atoms. The van der Waals surface area contributed by atoms with Crippen LogP contribution in [0.1, 0.15) is 10.4 Å². The second-order valence-corrected chi connectivity index (χ2v) is 5.17. The van der Waals surface area contributed by atoms with Crippen LogP contribution in [0.15, 0.2) is 29.1 Å². The Bertz CT molecular complexity index is 456. The molecule has 2 aromatic heterocycles. The van der Waals surface area contributed by atoms with Gasteiger partial charge in [0.1, 0.15) is 4.60 Å². The van der Waals surface area contributed by atoms with Crippen LogP contribution in [0.5, 0.6) is 0 Å². The zero-order valence-electron chi connectivity index (χ0n) is 8.90. The number of pyridine rings is 1. The molecule has 2 rings (SSSR count). The van der Waals surface area contributed by atoms with Gasteiger partial charge in [0.05, 0.1) is 0 Å². The molecular weight excluding hydrogens is 286 g/mol. The molecule has 84 valence electrons. The maximum Gasteiger partial charge on any atom is 0.183 e. The van der Waals surface area contributed by atoms with Gasteiger partial charge in [-0.05, 0) is 46.5 Å².